The summed E-state index contributed by atoms with van der Waals surface area (Å²) < 4.78 is 14.7. The van der Waals surface area contributed by atoms with E-state index in [-0.39, 0.29) is 17.6 Å². The zero-order valence-electron chi connectivity index (χ0n) is 23.8. The van der Waals surface area contributed by atoms with Crippen LogP contribution in [0.5, 0.6) is 0 Å². The number of nitrogens with zero attached hydrogens (tertiary/aromatic N) is 5. The lowest BCUT2D eigenvalue weighted by Gasteiger charge is -2.13. The first-order chi connectivity index (χ1) is 20.9. The summed E-state index contributed by atoms with van der Waals surface area (Å²) in [7, 11) is 4.00. The molecule has 0 aliphatic heterocycles. The number of fused-ring (bicyclic) bond motifs is 2. The summed E-state index contributed by atoms with van der Waals surface area (Å²) in [5.41, 5.74) is 7.29. The fourth-order valence-corrected chi connectivity index (χ4v) is 5.14. The molecule has 0 atom stereocenters. The molecule has 1 saturated carbocycles. The topological polar surface area (TPSA) is 128 Å². The number of nitrogens with one attached hydrogen (secondary N) is 4. The number of carbonyl (C=O) groups is 1. The van der Waals surface area contributed by atoms with Crippen molar-refractivity contribution >= 4 is 39.2 Å². The van der Waals surface area contributed by atoms with Gasteiger partial charge < -0.3 is 20.5 Å². The molecule has 1 aliphatic carbocycles. The molecular formula is C32H30FN9O. The van der Waals surface area contributed by atoms with Crippen LogP contribution in [0.15, 0.2) is 67.1 Å². The second kappa shape index (κ2) is 10.9. The van der Waals surface area contributed by atoms with Crippen molar-refractivity contribution < 1.29 is 9.18 Å². The highest BCUT2D eigenvalue weighted by Gasteiger charge is 2.29. The van der Waals surface area contributed by atoms with Crippen LogP contribution in [0.4, 0.5) is 15.8 Å². The Morgan fingerprint density at radius 3 is 2.72 bits per heavy atom. The van der Waals surface area contributed by atoms with Crippen molar-refractivity contribution in [3.8, 4) is 33.9 Å². The number of benzene rings is 2. The normalized spacial score (nSPS) is 13.2. The van der Waals surface area contributed by atoms with Gasteiger partial charge in [0.2, 0.25) is 5.91 Å². The van der Waals surface area contributed by atoms with Crippen molar-refractivity contribution in [3.63, 3.8) is 0 Å². The Labute approximate surface area is 246 Å². The Hall–Kier alpha value is -5.16. The predicted octanol–water partition coefficient (Wildman–Crippen LogP) is 5.69. The third-order valence-electron chi connectivity index (χ3n) is 7.53. The monoisotopic (exact) mass is 575 g/mol. The number of hydrogen-bond acceptors (Lipinski definition) is 7. The number of pyridine rings is 2. The van der Waals surface area contributed by atoms with Crippen LogP contribution in [-0.2, 0) is 4.79 Å². The van der Waals surface area contributed by atoms with Gasteiger partial charge in [-0.3, -0.25) is 19.9 Å². The van der Waals surface area contributed by atoms with Crippen molar-refractivity contribution in [1.82, 2.24) is 35.0 Å². The summed E-state index contributed by atoms with van der Waals surface area (Å²) in [5, 5.41) is 14.7. The third kappa shape index (κ3) is 5.54. The maximum Gasteiger partial charge on any atom is 0.227 e. The quantitative estimate of drug-likeness (QED) is 0.174. The van der Waals surface area contributed by atoms with E-state index in [1.165, 1.54) is 12.1 Å². The van der Waals surface area contributed by atoms with Gasteiger partial charge in [-0.05, 0) is 68.9 Å². The van der Waals surface area contributed by atoms with Gasteiger partial charge in [-0.2, -0.15) is 5.10 Å². The predicted molar refractivity (Wildman–Crippen MR) is 166 cm³/mol. The minimum Gasteiger partial charge on any atom is -0.384 e. The van der Waals surface area contributed by atoms with Crippen molar-refractivity contribution in [2.24, 2.45) is 5.92 Å². The van der Waals surface area contributed by atoms with E-state index in [0.717, 1.165) is 58.0 Å². The molecule has 0 radical (unpaired) electrons. The Bertz CT molecular complexity index is 1980. The lowest BCUT2D eigenvalue weighted by Crippen LogP contribution is -2.20. The number of likely N-dealkylation sites (N-methyl/N-ethyl adjacent to an activating group) is 1. The van der Waals surface area contributed by atoms with E-state index >= 15 is 0 Å². The van der Waals surface area contributed by atoms with Gasteiger partial charge in [0.1, 0.15) is 11.5 Å². The summed E-state index contributed by atoms with van der Waals surface area (Å²) in [5.74, 6) is 0.388. The number of carbonyl (C=O) groups excluding carboxylic acids is 1. The van der Waals surface area contributed by atoms with Crippen LogP contribution in [0, 0.1) is 11.7 Å². The number of halogens is 1. The third-order valence-corrected chi connectivity index (χ3v) is 7.53. The maximum atomic E-state index is 14.7. The van der Waals surface area contributed by atoms with Crippen LogP contribution in [0.1, 0.15) is 12.8 Å². The molecular weight excluding hydrogens is 545 g/mol. The minimum absolute atomic E-state index is 0.0267. The fourth-order valence-electron chi connectivity index (χ4n) is 5.14. The van der Waals surface area contributed by atoms with Gasteiger partial charge in [-0.15, -0.1) is 0 Å². The van der Waals surface area contributed by atoms with Gasteiger partial charge in [0.05, 0.1) is 40.3 Å². The molecule has 4 aromatic heterocycles. The van der Waals surface area contributed by atoms with E-state index in [9.17, 15) is 9.18 Å². The molecule has 1 aliphatic rings. The molecule has 11 heteroatoms. The molecule has 7 rings (SSSR count). The smallest absolute Gasteiger partial charge is 0.227 e. The first kappa shape index (κ1) is 26.7. The number of hydrogen-bond donors (Lipinski definition) is 4. The van der Waals surface area contributed by atoms with Gasteiger partial charge in [0.25, 0.3) is 0 Å². The Balaban J connectivity index is 1.23. The van der Waals surface area contributed by atoms with E-state index in [2.05, 4.69) is 40.7 Å². The van der Waals surface area contributed by atoms with Crippen molar-refractivity contribution in [2.75, 3.05) is 37.8 Å². The van der Waals surface area contributed by atoms with Crippen LogP contribution in [0.25, 0.3) is 55.8 Å². The van der Waals surface area contributed by atoms with E-state index < -0.39 is 0 Å². The summed E-state index contributed by atoms with van der Waals surface area (Å²) in [4.78, 5) is 31.6. The summed E-state index contributed by atoms with van der Waals surface area (Å²) in [6, 6.07) is 14.6. The lowest BCUT2D eigenvalue weighted by molar-refractivity contribution is -0.117. The molecule has 0 bridgehead atoms. The molecule has 43 heavy (non-hydrogen) atoms. The molecule has 2 aromatic carbocycles. The highest BCUT2D eigenvalue weighted by molar-refractivity contribution is 5.98. The van der Waals surface area contributed by atoms with Crippen LogP contribution in [0.3, 0.4) is 0 Å². The Kier molecular flexibility index (Phi) is 6.78. The number of H-pyrrole nitrogens is 2. The van der Waals surface area contributed by atoms with E-state index in [0.29, 0.717) is 35.1 Å². The average molecular weight is 576 g/mol. The molecule has 4 N–H and O–H groups in total. The number of aromatic nitrogens is 6. The van der Waals surface area contributed by atoms with Crippen molar-refractivity contribution in [1.29, 1.82) is 0 Å². The van der Waals surface area contributed by atoms with Gasteiger partial charge in [-0.25, -0.2) is 9.37 Å². The first-order valence-electron chi connectivity index (χ1n) is 14.2. The van der Waals surface area contributed by atoms with E-state index in [1.807, 2.05) is 50.5 Å². The van der Waals surface area contributed by atoms with Gasteiger partial charge in [0.15, 0.2) is 5.82 Å². The van der Waals surface area contributed by atoms with Crippen molar-refractivity contribution in [3.05, 3.63) is 72.9 Å². The average Bonchev–Trinajstić information content (AvgIpc) is 3.62. The number of rotatable bonds is 9. The summed E-state index contributed by atoms with van der Waals surface area (Å²) in [6.07, 6.45) is 6.95. The van der Waals surface area contributed by atoms with E-state index in [4.69, 9.17) is 4.98 Å². The molecule has 216 valence electrons. The summed E-state index contributed by atoms with van der Waals surface area (Å²) >= 11 is 0. The molecule has 0 saturated heterocycles. The largest absolute Gasteiger partial charge is 0.384 e. The standard InChI is InChI=1S/C32H30FN9O/c1-42(2)9-8-35-22-11-19(10-21(33)13-22)24-4-3-5-26-29(24)39-31(38-26)30-25-14-27(36-17-28(25)40-41-30)20-12-23(16-34-15-20)37-32(43)18-6-7-18/h3-5,10-18,35H,6-9H2,1-2H3,(H,37,43)(H,38,39)(H,40,41). The Morgan fingerprint density at radius 1 is 1.02 bits per heavy atom. The van der Waals surface area contributed by atoms with Crippen LogP contribution in [0.2, 0.25) is 0 Å². The molecule has 1 amide bonds. The molecule has 4 heterocycles. The number of aromatic amines is 2. The minimum atomic E-state index is -0.318. The summed E-state index contributed by atoms with van der Waals surface area (Å²) in [6.45, 7) is 1.53. The maximum absolute atomic E-state index is 14.7. The zero-order chi connectivity index (χ0) is 29.5. The highest BCUT2D eigenvalue weighted by atomic mass is 19.1. The van der Waals surface area contributed by atoms with Crippen LogP contribution < -0.4 is 10.6 Å². The molecule has 0 spiro atoms. The number of para-hydroxylation sites is 1. The molecule has 0 unspecified atom stereocenters. The SMILES string of the molecule is CN(C)CCNc1cc(F)cc(-c2cccc3[nH]c(-c4n[nH]c5cnc(-c6cncc(NC(=O)C7CC7)c6)cc45)nc23)c1. The van der Waals surface area contributed by atoms with Gasteiger partial charge in [-0.1, -0.05) is 12.1 Å². The lowest BCUT2D eigenvalue weighted by atomic mass is 10.0. The fraction of sp³-hybridized carbons (Fsp3) is 0.219. The zero-order valence-corrected chi connectivity index (χ0v) is 23.8. The Morgan fingerprint density at radius 2 is 1.88 bits per heavy atom. The number of imidazole rings is 1. The van der Waals surface area contributed by atoms with Gasteiger partial charge in [0, 0.05) is 47.4 Å². The van der Waals surface area contributed by atoms with Crippen molar-refractivity contribution in [2.45, 2.75) is 12.8 Å². The van der Waals surface area contributed by atoms with Gasteiger partial charge >= 0.3 is 0 Å². The van der Waals surface area contributed by atoms with Crippen LogP contribution in [-0.4, -0.2) is 68.1 Å². The number of amides is 1. The molecule has 6 aromatic rings. The second-order valence-electron chi connectivity index (χ2n) is 11.2. The highest BCUT2D eigenvalue weighted by Crippen LogP contribution is 2.34. The molecule has 1 fully saturated rings. The number of anilines is 2. The molecule has 10 nitrogen and oxygen atoms in total. The van der Waals surface area contributed by atoms with Crippen LogP contribution >= 0.6 is 0 Å². The first-order valence-corrected chi connectivity index (χ1v) is 14.2. The second-order valence-corrected chi connectivity index (χ2v) is 11.2. The van der Waals surface area contributed by atoms with E-state index in [1.54, 1.807) is 18.6 Å².